The van der Waals surface area contributed by atoms with E-state index in [2.05, 4.69) is 0 Å². The predicted octanol–water partition coefficient (Wildman–Crippen LogP) is -5.80. The van der Waals surface area contributed by atoms with E-state index in [1.54, 1.807) is 0 Å². The van der Waals surface area contributed by atoms with Gasteiger partial charge in [0.2, 0.25) is 0 Å². The van der Waals surface area contributed by atoms with Crippen molar-refractivity contribution < 1.29 is 70.1 Å². The van der Waals surface area contributed by atoms with E-state index in [0.29, 0.717) is 0 Å². The predicted molar refractivity (Wildman–Crippen MR) is 90.5 cm³/mol. The fraction of sp³-hybridized carbons (Fsp3) is 0.938. The highest BCUT2D eigenvalue weighted by Gasteiger charge is 2.53. The largest absolute Gasteiger partial charge is 0.477 e. The summed E-state index contributed by atoms with van der Waals surface area (Å²) in [5, 5.41) is 97.5. The molecule has 2 heterocycles. The van der Waals surface area contributed by atoms with Gasteiger partial charge in [-0.15, -0.1) is 0 Å². The lowest BCUT2D eigenvalue weighted by molar-refractivity contribution is -0.354. The molecule has 10 atom stereocenters. The molecule has 0 aromatic heterocycles. The number of carbonyl (C=O) groups is 1. The van der Waals surface area contributed by atoms with Gasteiger partial charge < -0.3 is 65.3 Å². The Balaban J connectivity index is 2.12. The van der Waals surface area contributed by atoms with Gasteiger partial charge in [0.05, 0.1) is 32.0 Å². The number of hydrogen-bond acceptors (Lipinski definition) is 13. The Kier molecular flexibility index (Phi) is 8.11. The maximum atomic E-state index is 11.2. The smallest absolute Gasteiger partial charge is 0.364 e. The van der Waals surface area contributed by atoms with Crippen molar-refractivity contribution in [2.24, 2.45) is 0 Å². The fourth-order valence-electron chi connectivity index (χ4n) is 3.42. The van der Waals surface area contributed by atoms with Crippen LogP contribution in [-0.4, -0.2) is 137 Å². The van der Waals surface area contributed by atoms with E-state index in [1.165, 1.54) is 0 Å². The van der Waals surface area contributed by atoms with Crippen LogP contribution < -0.4 is 0 Å². The van der Waals surface area contributed by atoms with Crippen molar-refractivity contribution in [1.29, 1.82) is 0 Å². The lowest BCUT2D eigenvalue weighted by Gasteiger charge is -2.46. The van der Waals surface area contributed by atoms with Crippen molar-refractivity contribution in [1.82, 2.24) is 0 Å². The van der Waals surface area contributed by atoms with Crippen LogP contribution in [0.1, 0.15) is 12.8 Å². The quantitative estimate of drug-likeness (QED) is 0.168. The molecule has 0 aromatic rings. The van der Waals surface area contributed by atoms with Crippen molar-refractivity contribution in [2.75, 3.05) is 19.8 Å². The molecule has 2 aliphatic rings. The Hall–Kier alpha value is -1.01. The average Bonchev–Trinajstić information content (AvgIpc) is 2.70. The molecule has 2 saturated heterocycles. The van der Waals surface area contributed by atoms with Gasteiger partial charge in [-0.2, -0.15) is 0 Å². The van der Waals surface area contributed by atoms with Crippen LogP contribution in [0.25, 0.3) is 0 Å². The standard InChI is InChI=1S/C16H28O14/c17-3-8(21)12-10(23)6(19)1-15(5-18,29-12)28-4-9(22)13-11(24)7(20)2-16(27,30-13)14(25)26/h6-13,17-24,27H,1-5H2,(H,25,26)/t6-,7-,8-,9-,10-,11-,12-,13-,15-,16-/m1/s1. The van der Waals surface area contributed by atoms with Crippen LogP contribution in [0.3, 0.4) is 0 Å². The van der Waals surface area contributed by atoms with Crippen LogP contribution in [0.15, 0.2) is 0 Å². The molecule has 2 rings (SSSR count). The first kappa shape index (κ1) is 25.3. The second kappa shape index (κ2) is 9.64. The van der Waals surface area contributed by atoms with Crippen LogP contribution in [0.4, 0.5) is 0 Å². The Morgan fingerprint density at radius 3 is 2.00 bits per heavy atom. The SMILES string of the molecule is O=C(O)[C@@]1(O)C[C@@H](O)[C@@H](O)[C@@H]([C@H](O)CO[C@]2(CO)C[C@@H](O)[C@@H](O)[C@@H]([C@H](O)CO)O2)O1. The molecule has 0 aromatic carbocycles. The second-order valence-electron chi connectivity index (χ2n) is 7.48. The monoisotopic (exact) mass is 444 g/mol. The summed E-state index contributed by atoms with van der Waals surface area (Å²) in [7, 11) is 0. The molecule has 2 aliphatic heterocycles. The van der Waals surface area contributed by atoms with Gasteiger partial charge in [0.25, 0.3) is 5.79 Å². The van der Waals surface area contributed by atoms with Gasteiger partial charge in [-0.3, -0.25) is 0 Å². The summed E-state index contributed by atoms with van der Waals surface area (Å²) in [5.74, 6) is -6.79. The molecule has 10 N–H and O–H groups in total. The molecule has 176 valence electrons. The lowest BCUT2D eigenvalue weighted by Crippen LogP contribution is -2.63. The zero-order valence-corrected chi connectivity index (χ0v) is 15.8. The first-order valence-electron chi connectivity index (χ1n) is 9.15. The molecule has 0 aliphatic carbocycles. The van der Waals surface area contributed by atoms with Crippen LogP contribution >= 0.6 is 0 Å². The minimum Gasteiger partial charge on any atom is -0.477 e. The number of hydrogen-bond donors (Lipinski definition) is 10. The Morgan fingerprint density at radius 2 is 1.50 bits per heavy atom. The highest BCUT2D eigenvalue weighted by atomic mass is 16.7. The normalized spacial score (nSPS) is 44.4. The zero-order valence-electron chi connectivity index (χ0n) is 15.8. The third-order valence-electron chi connectivity index (χ3n) is 5.19. The van der Waals surface area contributed by atoms with E-state index in [1.807, 2.05) is 0 Å². The number of ether oxygens (including phenoxy) is 3. The molecule has 30 heavy (non-hydrogen) atoms. The van der Waals surface area contributed by atoms with Crippen LogP contribution in [0, 0.1) is 0 Å². The number of aliphatic carboxylic acids is 1. The van der Waals surface area contributed by atoms with Gasteiger partial charge in [0.15, 0.2) is 5.79 Å². The number of aliphatic hydroxyl groups excluding tert-OH is 8. The van der Waals surface area contributed by atoms with E-state index in [4.69, 9.17) is 24.4 Å². The maximum absolute atomic E-state index is 11.2. The van der Waals surface area contributed by atoms with Crippen LogP contribution in [0.5, 0.6) is 0 Å². The first-order chi connectivity index (χ1) is 13.9. The number of carboxylic acids is 1. The van der Waals surface area contributed by atoms with Crippen LogP contribution in [0.2, 0.25) is 0 Å². The third kappa shape index (κ3) is 5.07. The molecule has 0 radical (unpaired) electrons. The number of carboxylic acid groups (broad SMARTS) is 1. The summed E-state index contributed by atoms with van der Waals surface area (Å²) >= 11 is 0. The van der Waals surface area contributed by atoms with Gasteiger partial charge in [0, 0.05) is 12.8 Å². The minimum absolute atomic E-state index is 0.512. The van der Waals surface area contributed by atoms with Crippen molar-refractivity contribution >= 4 is 5.97 Å². The summed E-state index contributed by atoms with van der Waals surface area (Å²) in [6, 6.07) is 0. The van der Waals surface area contributed by atoms with E-state index in [0.717, 1.165) is 0 Å². The molecular weight excluding hydrogens is 416 g/mol. The molecule has 2 fully saturated rings. The third-order valence-corrected chi connectivity index (χ3v) is 5.19. The molecule has 0 spiro atoms. The summed E-state index contributed by atoms with van der Waals surface area (Å²) in [6.45, 7) is -2.57. The molecule has 14 nitrogen and oxygen atoms in total. The molecule has 14 heteroatoms. The molecular formula is C16H28O14. The van der Waals surface area contributed by atoms with E-state index in [9.17, 15) is 45.6 Å². The number of rotatable bonds is 8. The lowest BCUT2D eigenvalue weighted by atomic mass is 9.92. The first-order valence-corrected chi connectivity index (χ1v) is 9.15. The summed E-state index contributed by atoms with van der Waals surface area (Å²) in [5.41, 5.74) is 0. The van der Waals surface area contributed by atoms with Crippen molar-refractivity contribution in [3.63, 3.8) is 0 Å². The van der Waals surface area contributed by atoms with E-state index < -0.39 is 99.0 Å². The Morgan fingerprint density at radius 1 is 0.967 bits per heavy atom. The maximum Gasteiger partial charge on any atom is 0.364 e. The summed E-state index contributed by atoms with van der Waals surface area (Å²) < 4.78 is 15.5. The topological polar surface area (TPSA) is 247 Å². The van der Waals surface area contributed by atoms with Crippen LogP contribution in [-0.2, 0) is 19.0 Å². The number of aliphatic hydroxyl groups is 9. The molecule has 0 saturated carbocycles. The van der Waals surface area contributed by atoms with E-state index in [-0.39, 0.29) is 0 Å². The highest BCUT2D eigenvalue weighted by Crippen LogP contribution is 2.34. The summed E-state index contributed by atoms with van der Waals surface area (Å²) in [4.78, 5) is 11.2. The van der Waals surface area contributed by atoms with Gasteiger partial charge in [-0.1, -0.05) is 0 Å². The molecule has 0 unspecified atom stereocenters. The highest BCUT2D eigenvalue weighted by molar-refractivity contribution is 5.75. The average molecular weight is 444 g/mol. The zero-order chi connectivity index (χ0) is 22.9. The second-order valence-corrected chi connectivity index (χ2v) is 7.48. The van der Waals surface area contributed by atoms with E-state index >= 15 is 0 Å². The fourth-order valence-corrected chi connectivity index (χ4v) is 3.42. The Labute approximate surface area is 170 Å². The van der Waals surface area contributed by atoms with Crippen molar-refractivity contribution in [3.8, 4) is 0 Å². The molecule has 0 amide bonds. The molecule has 0 bridgehead atoms. The van der Waals surface area contributed by atoms with Crippen molar-refractivity contribution in [3.05, 3.63) is 0 Å². The minimum atomic E-state index is -2.88. The van der Waals surface area contributed by atoms with Gasteiger partial charge >= 0.3 is 5.97 Å². The Bertz CT molecular complexity index is 590. The van der Waals surface area contributed by atoms with Crippen molar-refractivity contribution in [2.45, 2.75) is 73.2 Å². The van der Waals surface area contributed by atoms with Gasteiger partial charge in [0.1, 0.15) is 36.6 Å². The van der Waals surface area contributed by atoms with Gasteiger partial charge in [-0.25, -0.2) is 4.79 Å². The summed E-state index contributed by atoms with van der Waals surface area (Å²) in [6.07, 6.45) is -15.0. The van der Waals surface area contributed by atoms with Gasteiger partial charge in [-0.05, 0) is 0 Å².